The van der Waals surface area contributed by atoms with Gasteiger partial charge >= 0.3 is 5.97 Å². The van der Waals surface area contributed by atoms with Crippen molar-refractivity contribution in [1.82, 2.24) is 0 Å². The van der Waals surface area contributed by atoms with E-state index in [1.807, 2.05) is 6.92 Å². The van der Waals surface area contributed by atoms with Crippen molar-refractivity contribution in [2.75, 3.05) is 12.4 Å². The fourth-order valence-corrected chi connectivity index (χ4v) is 5.42. The SMILES string of the molecule is CCOC(=O)C1CCC(O)(CS(=O)C2CCCCC2)CC1. The highest BCUT2D eigenvalue weighted by atomic mass is 32.2. The number of rotatable bonds is 5. The van der Waals surface area contributed by atoms with Crippen molar-refractivity contribution in [3.05, 3.63) is 0 Å². The molecule has 2 aliphatic rings. The summed E-state index contributed by atoms with van der Waals surface area (Å²) < 4.78 is 17.5. The molecule has 2 saturated carbocycles. The summed E-state index contributed by atoms with van der Waals surface area (Å²) in [5, 5.41) is 10.9. The van der Waals surface area contributed by atoms with E-state index in [2.05, 4.69) is 0 Å². The molecule has 0 bridgehead atoms. The van der Waals surface area contributed by atoms with E-state index < -0.39 is 16.4 Å². The van der Waals surface area contributed by atoms with Gasteiger partial charge in [-0.05, 0) is 45.4 Å². The first-order chi connectivity index (χ1) is 10.0. The summed E-state index contributed by atoms with van der Waals surface area (Å²) >= 11 is 0. The molecule has 4 nitrogen and oxygen atoms in total. The van der Waals surface area contributed by atoms with E-state index >= 15 is 0 Å². The standard InChI is InChI=1S/C16H28O4S/c1-2-20-15(17)13-8-10-16(18,11-9-13)12-21(19)14-6-4-3-5-7-14/h13-14,18H,2-12H2,1H3. The third-order valence-corrected chi connectivity index (χ3v) is 6.91. The molecule has 0 radical (unpaired) electrons. The number of aliphatic hydroxyl groups is 1. The average molecular weight is 316 g/mol. The second-order valence-corrected chi connectivity index (χ2v) is 8.25. The van der Waals surface area contributed by atoms with Crippen LogP contribution in [0.2, 0.25) is 0 Å². The highest BCUT2D eigenvalue weighted by Gasteiger charge is 2.38. The van der Waals surface area contributed by atoms with E-state index in [-0.39, 0.29) is 17.1 Å². The van der Waals surface area contributed by atoms with Gasteiger partial charge in [0.1, 0.15) is 0 Å². The zero-order valence-electron chi connectivity index (χ0n) is 13.0. The molecule has 1 unspecified atom stereocenters. The molecule has 2 rings (SSSR count). The predicted octanol–water partition coefficient (Wildman–Crippen LogP) is 2.55. The third-order valence-electron chi connectivity index (χ3n) is 4.87. The van der Waals surface area contributed by atoms with E-state index in [4.69, 9.17) is 4.74 Å². The normalized spacial score (nSPS) is 32.6. The monoisotopic (exact) mass is 316 g/mol. The lowest BCUT2D eigenvalue weighted by atomic mass is 9.80. The van der Waals surface area contributed by atoms with Gasteiger partial charge in [-0.1, -0.05) is 19.3 Å². The molecule has 0 amide bonds. The Balaban J connectivity index is 1.81. The molecule has 5 heteroatoms. The van der Waals surface area contributed by atoms with Crippen molar-refractivity contribution in [1.29, 1.82) is 0 Å². The molecular weight excluding hydrogens is 288 g/mol. The van der Waals surface area contributed by atoms with Gasteiger partial charge in [0, 0.05) is 16.0 Å². The first-order valence-corrected chi connectivity index (χ1v) is 9.68. The number of carbonyl (C=O) groups excluding carboxylic acids is 1. The molecule has 1 atom stereocenters. The summed E-state index contributed by atoms with van der Waals surface area (Å²) in [4.78, 5) is 11.7. The smallest absolute Gasteiger partial charge is 0.308 e. The zero-order chi connectivity index (χ0) is 15.3. The number of carbonyl (C=O) groups is 1. The van der Waals surface area contributed by atoms with Crippen LogP contribution in [-0.4, -0.2) is 38.5 Å². The Labute approximate surface area is 130 Å². The summed E-state index contributed by atoms with van der Waals surface area (Å²) in [5.41, 5.74) is -0.842. The van der Waals surface area contributed by atoms with Gasteiger partial charge in [-0.15, -0.1) is 0 Å². The number of hydrogen-bond acceptors (Lipinski definition) is 4. The van der Waals surface area contributed by atoms with Crippen molar-refractivity contribution in [3.8, 4) is 0 Å². The number of ether oxygens (including phenoxy) is 1. The van der Waals surface area contributed by atoms with Crippen LogP contribution in [0.3, 0.4) is 0 Å². The minimum absolute atomic E-state index is 0.0895. The second kappa shape index (κ2) is 7.73. The Hall–Kier alpha value is -0.420. The molecule has 2 fully saturated rings. The van der Waals surface area contributed by atoms with E-state index in [0.29, 0.717) is 38.0 Å². The van der Waals surface area contributed by atoms with Crippen LogP contribution < -0.4 is 0 Å². The van der Waals surface area contributed by atoms with Crippen LogP contribution in [0.15, 0.2) is 0 Å². The fraction of sp³-hybridized carbons (Fsp3) is 0.938. The maximum absolute atomic E-state index is 12.4. The fourth-order valence-electron chi connectivity index (χ4n) is 3.51. The summed E-state index contributed by atoms with van der Waals surface area (Å²) in [6.45, 7) is 2.22. The lowest BCUT2D eigenvalue weighted by Crippen LogP contribution is -2.42. The molecule has 0 saturated heterocycles. The first-order valence-electron chi connectivity index (χ1n) is 8.30. The van der Waals surface area contributed by atoms with Crippen LogP contribution >= 0.6 is 0 Å². The van der Waals surface area contributed by atoms with Crippen molar-refractivity contribution in [3.63, 3.8) is 0 Å². The third kappa shape index (κ3) is 4.78. The highest BCUT2D eigenvalue weighted by molar-refractivity contribution is 7.85. The summed E-state index contributed by atoms with van der Waals surface area (Å²) in [6.07, 6.45) is 8.08. The Bertz CT molecular complexity index is 368. The molecule has 1 N–H and O–H groups in total. The van der Waals surface area contributed by atoms with Gasteiger partial charge in [-0.2, -0.15) is 0 Å². The van der Waals surface area contributed by atoms with Crippen LogP contribution in [-0.2, 0) is 20.3 Å². The van der Waals surface area contributed by atoms with Crippen molar-refractivity contribution < 1.29 is 18.8 Å². The minimum Gasteiger partial charge on any atom is -0.466 e. The van der Waals surface area contributed by atoms with Gasteiger partial charge in [-0.3, -0.25) is 9.00 Å². The first kappa shape index (κ1) is 16.9. The van der Waals surface area contributed by atoms with Crippen molar-refractivity contribution in [2.45, 2.75) is 75.6 Å². The van der Waals surface area contributed by atoms with Gasteiger partial charge in [0.05, 0.1) is 23.9 Å². The van der Waals surface area contributed by atoms with Gasteiger partial charge in [0.25, 0.3) is 0 Å². The Morgan fingerprint density at radius 3 is 2.38 bits per heavy atom. The average Bonchev–Trinajstić information content (AvgIpc) is 2.48. The molecule has 0 aromatic carbocycles. The molecule has 21 heavy (non-hydrogen) atoms. The number of hydrogen-bond donors (Lipinski definition) is 1. The predicted molar refractivity (Wildman–Crippen MR) is 83.4 cm³/mol. The lowest BCUT2D eigenvalue weighted by molar-refractivity contribution is -0.150. The largest absolute Gasteiger partial charge is 0.466 e. The van der Waals surface area contributed by atoms with Gasteiger partial charge < -0.3 is 9.84 Å². The molecular formula is C16H28O4S. The molecule has 0 aromatic rings. The Morgan fingerprint density at radius 1 is 1.19 bits per heavy atom. The molecule has 0 aliphatic heterocycles. The van der Waals surface area contributed by atoms with E-state index in [1.165, 1.54) is 19.3 Å². The number of esters is 1. The highest BCUT2D eigenvalue weighted by Crippen LogP contribution is 2.35. The van der Waals surface area contributed by atoms with Crippen LogP contribution in [0.1, 0.15) is 64.7 Å². The van der Waals surface area contributed by atoms with Crippen LogP contribution in [0.4, 0.5) is 0 Å². The Morgan fingerprint density at radius 2 is 1.81 bits per heavy atom. The second-order valence-electron chi connectivity index (χ2n) is 6.54. The molecule has 0 spiro atoms. The van der Waals surface area contributed by atoms with Crippen LogP contribution in [0.25, 0.3) is 0 Å². The maximum Gasteiger partial charge on any atom is 0.308 e. The van der Waals surface area contributed by atoms with Crippen LogP contribution in [0.5, 0.6) is 0 Å². The van der Waals surface area contributed by atoms with E-state index in [0.717, 1.165) is 12.8 Å². The van der Waals surface area contributed by atoms with Gasteiger partial charge in [0.15, 0.2) is 0 Å². The Kier molecular flexibility index (Phi) is 6.23. The minimum atomic E-state index is -0.935. The molecule has 0 aromatic heterocycles. The maximum atomic E-state index is 12.4. The lowest BCUT2D eigenvalue weighted by Gasteiger charge is -2.36. The molecule has 0 heterocycles. The summed E-state index contributed by atoms with van der Waals surface area (Å²) in [6, 6.07) is 0. The summed E-state index contributed by atoms with van der Waals surface area (Å²) in [7, 11) is -0.935. The zero-order valence-corrected chi connectivity index (χ0v) is 13.8. The molecule has 122 valence electrons. The van der Waals surface area contributed by atoms with E-state index in [1.54, 1.807) is 0 Å². The molecule has 2 aliphatic carbocycles. The van der Waals surface area contributed by atoms with Gasteiger partial charge in [-0.25, -0.2) is 0 Å². The van der Waals surface area contributed by atoms with Crippen molar-refractivity contribution >= 4 is 16.8 Å². The topological polar surface area (TPSA) is 63.6 Å². The van der Waals surface area contributed by atoms with Crippen molar-refractivity contribution in [2.24, 2.45) is 5.92 Å². The van der Waals surface area contributed by atoms with E-state index in [9.17, 15) is 14.1 Å². The quantitative estimate of drug-likeness (QED) is 0.792. The summed E-state index contributed by atoms with van der Waals surface area (Å²) in [5.74, 6) is 0.147. The van der Waals surface area contributed by atoms with Crippen LogP contribution in [0, 0.1) is 5.92 Å². The van der Waals surface area contributed by atoms with Gasteiger partial charge in [0.2, 0.25) is 0 Å².